The number of carbonyl (C=O) groups excluding carboxylic acids is 3. The molecule has 8 heteroatoms. The number of amides is 3. The summed E-state index contributed by atoms with van der Waals surface area (Å²) in [5.74, 6) is -0.111. The van der Waals surface area contributed by atoms with Gasteiger partial charge in [-0.3, -0.25) is 14.4 Å². The molecule has 1 saturated carbocycles. The van der Waals surface area contributed by atoms with E-state index in [4.69, 9.17) is 15.2 Å². The number of allylic oxidation sites excluding steroid dienone is 1. The zero-order valence-electron chi connectivity index (χ0n) is 16.8. The molecule has 3 aliphatic rings. The molecule has 1 atom stereocenters. The van der Waals surface area contributed by atoms with Gasteiger partial charge in [0.05, 0.1) is 25.3 Å². The van der Waals surface area contributed by atoms with Gasteiger partial charge >= 0.3 is 0 Å². The van der Waals surface area contributed by atoms with Crippen molar-refractivity contribution in [2.45, 2.75) is 69.9 Å². The van der Waals surface area contributed by atoms with Crippen LogP contribution in [-0.2, 0) is 23.9 Å². The first-order valence-electron chi connectivity index (χ1n) is 10.1. The van der Waals surface area contributed by atoms with E-state index in [-0.39, 0.29) is 18.2 Å². The van der Waals surface area contributed by atoms with Gasteiger partial charge in [-0.05, 0) is 19.8 Å². The van der Waals surface area contributed by atoms with Crippen LogP contribution in [0.3, 0.4) is 0 Å². The van der Waals surface area contributed by atoms with Gasteiger partial charge in [0.2, 0.25) is 17.7 Å². The Morgan fingerprint density at radius 1 is 1.21 bits per heavy atom. The molecule has 2 aliphatic heterocycles. The molecule has 2 fully saturated rings. The van der Waals surface area contributed by atoms with Crippen molar-refractivity contribution < 1.29 is 23.9 Å². The first kappa shape index (κ1) is 20.6. The van der Waals surface area contributed by atoms with Gasteiger partial charge in [-0.2, -0.15) is 0 Å². The van der Waals surface area contributed by atoms with Crippen LogP contribution in [0.5, 0.6) is 0 Å². The van der Waals surface area contributed by atoms with Crippen molar-refractivity contribution in [2.75, 3.05) is 26.3 Å². The van der Waals surface area contributed by atoms with Crippen LogP contribution in [0.15, 0.2) is 11.3 Å². The molecule has 0 radical (unpaired) electrons. The molecule has 2 heterocycles. The second kappa shape index (κ2) is 8.11. The van der Waals surface area contributed by atoms with Crippen molar-refractivity contribution in [2.24, 2.45) is 5.73 Å². The van der Waals surface area contributed by atoms with Gasteiger partial charge in [0, 0.05) is 31.8 Å². The zero-order valence-corrected chi connectivity index (χ0v) is 16.8. The predicted octanol–water partition coefficient (Wildman–Crippen LogP) is 0.993. The van der Waals surface area contributed by atoms with Gasteiger partial charge in [0.15, 0.2) is 5.60 Å². The highest BCUT2D eigenvalue weighted by Crippen LogP contribution is 2.37. The number of rotatable bonds is 4. The standard InChI is InChI=1S/C20H31N3O5/c1-14-16(18(21)26)10-20(28-14)12-23(8-9-27-13-20)17(25)11-19(22-15(2)24)6-4-3-5-7-19/h3-13H2,1-2H3,(H2,21,26)(H,22,24)/t20-/m1/s1. The second-order valence-corrected chi connectivity index (χ2v) is 8.43. The fourth-order valence-electron chi connectivity index (χ4n) is 4.77. The molecule has 1 saturated heterocycles. The minimum Gasteiger partial charge on any atom is -0.487 e. The summed E-state index contributed by atoms with van der Waals surface area (Å²) < 4.78 is 11.7. The van der Waals surface area contributed by atoms with Gasteiger partial charge in [-0.25, -0.2) is 0 Å². The predicted molar refractivity (Wildman–Crippen MR) is 102 cm³/mol. The number of nitrogens with zero attached hydrogens (tertiary/aromatic N) is 1. The maximum absolute atomic E-state index is 13.2. The Morgan fingerprint density at radius 3 is 2.54 bits per heavy atom. The van der Waals surface area contributed by atoms with Crippen LogP contribution in [0.1, 0.15) is 58.8 Å². The van der Waals surface area contributed by atoms with E-state index in [0.717, 1.165) is 32.1 Å². The summed E-state index contributed by atoms with van der Waals surface area (Å²) in [6.45, 7) is 4.75. The van der Waals surface area contributed by atoms with Crippen molar-refractivity contribution in [1.82, 2.24) is 10.2 Å². The lowest BCUT2D eigenvalue weighted by molar-refractivity contribution is -0.136. The molecular weight excluding hydrogens is 362 g/mol. The quantitative estimate of drug-likeness (QED) is 0.740. The number of hydrogen-bond donors (Lipinski definition) is 2. The highest BCUT2D eigenvalue weighted by atomic mass is 16.6. The van der Waals surface area contributed by atoms with Crippen molar-refractivity contribution in [3.05, 3.63) is 11.3 Å². The number of ether oxygens (including phenoxy) is 2. The lowest BCUT2D eigenvalue weighted by atomic mass is 9.78. The Hall–Kier alpha value is -2.09. The first-order chi connectivity index (χ1) is 13.2. The van der Waals surface area contributed by atoms with Gasteiger partial charge in [0.1, 0.15) is 5.76 Å². The molecule has 8 nitrogen and oxygen atoms in total. The summed E-state index contributed by atoms with van der Waals surface area (Å²) in [4.78, 5) is 38.4. The van der Waals surface area contributed by atoms with Crippen molar-refractivity contribution in [1.29, 1.82) is 0 Å². The number of primary amides is 1. The summed E-state index contributed by atoms with van der Waals surface area (Å²) in [6, 6.07) is 0. The highest BCUT2D eigenvalue weighted by Gasteiger charge is 2.46. The number of carbonyl (C=O) groups is 3. The monoisotopic (exact) mass is 393 g/mol. The topological polar surface area (TPSA) is 111 Å². The van der Waals surface area contributed by atoms with E-state index in [1.165, 1.54) is 6.92 Å². The molecule has 156 valence electrons. The summed E-state index contributed by atoms with van der Waals surface area (Å²) >= 11 is 0. The zero-order chi connectivity index (χ0) is 20.4. The van der Waals surface area contributed by atoms with Crippen LogP contribution >= 0.6 is 0 Å². The Balaban J connectivity index is 1.72. The molecule has 28 heavy (non-hydrogen) atoms. The van der Waals surface area contributed by atoms with Crippen molar-refractivity contribution >= 4 is 17.7 Å². The van der Waals surface area contributed by atoms with Gasteiger partial charge in [-0.15, -0.1) is 0 Å². The molecule has 3 amide bonds. The summed E-state index contributed by atoms with van der Waals surface area (Å²) in [6.07, 6.45) is 5.40. The van der Waals surface area contributed by atoms with E-state index in [1.807, 2.05) is 0 Å². The smallest absolute Gasteiger partial charge is 0.248 e. The van der Waals surface area contributed by atoms with Gasteiger partial charge in [-0.1, -0.05) is 19.3 Å². The van der Waals surface area contributed by atoms with Gasteiger partial charge in [0.25, 0.3) is 0 Å². The molecule has 0 aromatic carbocycles. The van der Waals surface area contributed by atoms with E-state index in [9.17, 15) is 14.4 Å². The summed E-state index contributed by atoms with van der Waals surface area (Å²) in [5, 5.41) is 3.05. The number of nitrogens with two attached hydrogens (primary N) is 1. The van der Waals surface area contributed by atoms with E-state index >= 15 is 0 Å². The van der Waals surface area contributed by atoms with Crippen molar-refractivity contribution in [3.63, 3.8) is 0 Å². The largest absolute Gasteiger partial charge is 0.487 e. The first-order valence-corrected chi connectivity index (χ1v) is 10.1. The van der Waals surface area contributed by atoms with Crippen LogP contribution in [0.25, 0.3) is 0 Å². The Bertz CT molecular complexity index is 683. The van der Waals surface area contributed by atoms with Crippen LogP contribution in [0.2, 0.25) is 0 Å². The normalized spacial score (nSPS) is 27.3. The van der Waals surface area contributed by atoms with Crippen LogP contribution in [0, 0.1) is 0 Å². The molecule has 0 unspecified atom stereocenters. The molecule has 1 spiro atoms. The average Bonchev–Trinajstić information content (AvgIpc) is 2.80. The minimum atomic E-state index is -0.770. The molecule has 3 rings (SSSR count). The summed E-state index contributed by atoms with van der Waals surface area (Å²) in [5.41, 5.74) is 4.68. The molecule has 0 aromatic heterocycles. The Kier molecular flexibility index (Phi) is 5.98. The SMILES string of the molecule is CC(=O)NC1(CC(=O)N2CCOC[C@@]3(CC(C(N)=O)=C(C)O3)C2)CCCCC1. The number of hydrogen-bond acceptors (Lipinski definition) is 5. The van der Waals surface area contributed by atoms with E-state index < -0.39 is 17.0 Å². The lowest BCUT2D eigenvalue weighted by Crippen LogP contribution is -2.54. The fourth-order valence-corrected chi connectivity index (χ4v) is 4.77. The van der Waals surface area contributed by atoms with Crippen LogP contribution in [0.4, 0.5) is 0 Å². The number of nitrogens with one attached hydrogen (secondary N) is 1. The lowest BCUT2D eigenvalue weighted by Gasteiger charge is -2.39. The maximum atomic E-state index is 13.2. The Morgan fingerprint density at radius 2 is 1.93 bits per heavy atom. The molecular formula is C20H31N3O5. The van der Waals surface area contributed by atoms with Crippen LogP contribution < -0.4 is 11.1 Å². The van der Waals surface area contributed by atoms with E-state index in [1.54, 1.807) is 11.8 Å². The van der Waals surface area contributed by atoms with Crippen LogP contribution in [-0.4, -0.2) is 60.1 Å². The highest BCUT2D eigenvalue weighted by molar-refractivity contribution is 5.93. The molecule has 0 aromatic rings. The summed E-state index contributed by atoms with van der Waals surface area (Å²) in [7, 11) is 0. The maximum Gasteiger partial charge on any atom is 0.248 e. The van der Waals surface area contributed by atoms with E-state index in [0.29, 0.717) is 44.1 Å². The minimum absolute atomic E-state index is 0.0192. The van der Waals surface area contributed by atoms with E-state index in [2.05, 4.69) is 5.32 Å². The third kappa shape index (κ3) is 4.48. The second-order valence-electron chi connectivity index (χ2n) is 8.43. The molecule has 3 N–H and O–H groups in total. The van der Waals surface area contributed by atoms with Crippen molar-refractivity contribution in [3.8, 4) is 0 Å². The third-order valence-corrected chi connectivity index (χ3v) is 6.03. The molecule has 0 bridgehead atoms. The third-order valence-electron chi connectivity index (χ3n) is 6.03. The van der Waals surface area contributed by atoms with Gasteiger partial charge < -0.3 is 25.4 Å². The molecule has 1 aliphatic carbocycles. The fraction of sp³-hybridized carbons (Fsp3) is 0.750. The average molecular weight is 393 g/mol. The Labute approximate surface area is 165 Å².